The van der Waals surface area contributed by atoms with Gasteiger partial charge in [0.05, 0.1) is 22.7 Å². The van der Waals surface area contributed by atoms with E-state index in [1.54, 1.807) is 41.4 Å². The summed E-state index contributed by atoms with van der Waals surface area (Å²) >= 11 is 5.47. The topological polar surface area (TPSA) is 121 Å². The lowest BCUT2D eigenvalue weighted by Gasteiger charge is -2.36. The van der Waals surface area contributed by atoms with E-state index in [0.717, 1.165) is 16.5 Å². The largest absolute Gasteiger partial charge is 0.383 e. The van der Waals surface area contributed by atoms with E-state index in [-0.39, 0.29) is 34.8 Å². The zero-order valence-corrected chi connectivity index (χ0v) is 24.8. The van der Waals surface area contributed by atoms with Crippen molar-refractivity contribution >= 4 is 61.7 Å². The molecule has 13 heteroatoms. The molecule has 0 bridgehead atoms. The number of carbonyl (C=O) groups excluding carboxylic acids is 2. The van der Waals surface area contributed by atoms with Crippen molar-refractivity contribution in [1.82, 2.24) is 19.7 Å². The third kappa shape index (κ3) is 6.98. The highest BCUT2D eigenvalue weighted by molar-refractivity contribution is 14.1. The second-order valence-corrected chi connectivity index (χ2v) is 11.5. The normalized spacial score (nSPS) is 18.3. The number of aromatic nitrogens is 1. The molecule has 2 amide bonds. The lowest BCUT2D eigenvalue weighted by molar-refractivity contribution is -0.384. The summed E-state index contributed by atoms with van der Waals surface area (Å²) in [7, 11) is 1.66. The van der Waals surface area contributed by atoms with E-state index in [0.29, 0.717) is 62.3 Å². The molecule has 0 radical (unpaired) electrons. The first-order valence-corrected chi connectivity index (χ1v) is 14.3. The fourth-order valence-electron chi connectivity index (χ4n) is 4.82. The number of pyridine rings is 1. The number of piperidine rings is 1. The molecular formula is C25H30BrIN6O5. The maximum atomic E-state index is 13.6. The molecule has 0 aliphatic carbocycles. The molecule has 1 aromatic carbocycles. The van der Waals surface area contributed by atoms with Crippen molar-refractivity contribution in [3.05, 3.63) is 59.9 Å². The third-order valence-electron chi connectivity index (χ3n) is 6.79. The molecule has 204 valence electrons. The Labute approximate surface area is 243 Å². The first kappa shape index (κ1) is 28.6. The van der Waals surface area contributed by atoms with Gasteiger partial charge in [0, 0.05) is 85.5 Å². The van der Waals surface area contributed by atoms with Gasteiger partial charge in [-0.05, 0) is 47.6 Å². The summed E-state index contributed by atoms with van der Waals surface area (Å²) in [5, 5.41) is 15.3. The molecule has 1 N–H and O–H groups in total. The van der Waals surface area contributed by atoms with Gasteiger partial charge in [0.15, 0.2) is 0 Å². The number of amides is 2. The second kappa shape index (κ2) is 13.1. The fraction of sp³-hybridized carbons (Fsp3) is 0.480. The van der Waals surface area contributed by atoms with E-state index in [9.17, 15) is 19.7 Å². The highest BCUT2D eigenvalue weighted by Crippen LogP contribution is 2.35. The Balaban J connectivity index is 1.54. The quantitative estimate of drug-likeness (QED) is 0.253. The van der Waals surface area contributed by atoms with Crippen molar-refractivity contribution < 1.29 is 19.2 Å². The molecule has 11 nitrogen and oxygen atoms in total. The van der Waals surface area contributed by atoms with Crippen molar-refractivity contribution in [3.63, 3.8) is 0 Å². The number of piperazine rings is 1. The first-order valence-electron chi connectivity index (χ1n) is 12.4. The molecule has 1 aromatic heterocycles. The Morgan fingerprint density at radius 2 is 1.92 bits per heavy atom. The number of nitro groups is 1. The van der Waals surface area contributed by atoms with Crippen LogP contribution in [-0.2, 0) is 4.74 Å². The number of halogens is 2. The predicted octanol–water partition coefficient (Wildman–Crippen LogP) is 3.48. The predicted molar refractivity (Wildman–Crippen MR) is 155 cm³/mol. The fourth-order valence-corrected chi connectivity index (χ4v) is 5.76. The average molecular weight is 701 g/mol. The number of hydrogen-bond donors (Lipinski definition) is 1. The molecule has 2 aliphatic rings. The minimum Gasteiger partial charge on any atom is -0.383 e. The summed E-state index contributed by atoms with van der Waals surface area (Å²) < 4.78 is 6.48. The van der Waals surface area contributed by atoms with Gasteiger partial charge >= 0.3 is 0 Å². The lowest BCUT2D eigenvalue weighted by Crippen LogP contribution is -2.49. The van der Waals surface area contributed by atoms with E-state index in [2.05, 4.69) is 53.7 Å². The number of nitro benzene ring substituents is 1. The highest BCUT2D eigenvalue weighted by Gasteiger charge is 2.32. The maximum absolute atomic E-state index is 13.6. The third-order valence-corrected chi connectivity index (χ3v) is 7.84. The average Bonchev–Trinajstić information content (AvgIpc) is 2.92. The van der Waals surface area contributed by atoms with Crippen LogP contribution in [0.4, 0.5) is 11.4 Å². The number of ether oxygens (including phenoxy) is 1. The van der Waals surface area contributed by atoms with Gasteiger partial charge in [-0.15, -0.1) is 0 Å². The van der Waals surface area contributed by atoms with Crippen LogP contribution in [0, 0.1) is 13.7 Å². The van der Waals surface area contributed by atoms with E-state index >= 15 is 0 Å². The minimum absolute atomic E-state index is 0.129. The number of nitrogens with zero attached hydrogens (tertiary/aromatic N) is 5. The van der Waals surface area contributed by atoms with Crippen LogP contribution in [0.2, 0.25) is 0 Å². The first-order chi connectivity index (χ1) is 18.3. The number of likely N-dealkylation sites (tertiary alicyclic amines) is 1. The summed E-state index contributed by atoms with van der Waals surface area (Å²) in [6, 6.07) is 4.59. The number of anilines is 1. The van der Waals surface area contributed by atoms with Crippen molar-refractivity contribution in [2.45, 2.75) is 18.9 Å². The smallest absolute Gasteiger partial charge is 0.294 e. The van der Waals surface area contributed by atoms with Gasteiger partial charge in [0.2, 0.25) is 0 Å². The summed E-state index contributed by atoms with van der Waals surface area (Å²) in [6.07, 6.45) is 4.68. The van der Waals surface area contributed by atoms with Crippen LogP contribution in [0.1, 0.15) is 33.6 Å². The number of nitrogens with one attached hydrogen (secondary N) is 1. The zero-order valence-electron chi connectivity index (χ0n) is 21.1. The van der Waals surface area contributed by atoms with Crippen LogP contribution < -0.4 is 5.32 Å². The number of hydrogen-bond acceptors (Lipinski definition) is 8. The molecule has 2 fully saturated rings. The maximum Gasteiger partial charge on any atom is 0.294 e. The molecule has 0 spiro atoms. The van der Waals surface area contributed by atoms with Crippen LogP contribution in [0.15, 0.2) is 35.1 Å². The van der Waals surface area contributed by atoms with Crippen LogP contribution in [0.3, 0.4) is 0 Å². The Morgan fingerprint density at radius 1 is 1.16 bits per heavy atom. The Morgan fingerprint density at radius 3 is 2.61 bits per heavy atom. The monoisotopic (exact) mass is 700 g/mol. The van der Waals surface area contributed by atoms with Crippen LogP contribution in [0.5, 0.6) is 0 Å². The van der Waals surface area contributed by atoms with Gasteiger partial charge in [0.25, 0.3) is 17.5 Å². The van der Waals surface area contributed by atoms with Gasteiger partial charge in [-0.25, -0.2) is 0 Å². The number of carbonyl (C=O) groups is 2. The van der Waals surface area contributed by atoms with Crippen molar-refractivity contribution in [2.75, 3.05) is 64.8 Å². The lowest BCUT2D eigenvalue weighted by atomic mass is 10.0. The molecule has 3 heterocycles. The molecule has 0 saturated carbocycles. The van der Waals surface area contributed by atoms with Gasteiger partial charge in [-0.3, -0.25) is 29.6 Å². The number of benzene rings is 1. The summed E-state index contributed by atoms with van der Waals surface area (Å²) in [4.78, 5) is 48.1. The van der Waals surface area contributed by atoms with Crippen LogP contribution in [0.25, 0.3) is 0 Å². The Hall–Kier alpha value is -2.36. The molecule has 4 rings (SSSR count). The van der Waals surface area contributed by atoms with E-state index in [4.69, 9.17) is 4.74 Å². The van der Waals surface area contributed by atoms with Crippen molar-refractivity contribution in [2.24, 2.45) is 0 Å². The van der Waals surface area contributed by atoms with Gasteiger partial charge in [-0.2, -0.15) is 0 Å². The van der Waals surface area contributed by atoms with E-state index < -0.39 is 4.92 Å². The summed E-state index contributed by atoms with van der Waals surface area (Å²) in [5.74, 6) is -0.382. The van der Waals surface area contributed by atoms with Crippen LogP contribution in [-0.4, -0.2) is 102 Å². The summed E-state index contributed by atoms with van der Waals surface area (Å²) in [6.45, 7) is 4.84. The standard InChI is InChI=1S/C25H30BrIN6O5/c1-38-10-9-30-5-7-31(8-6-30)25(35)21-12-18(26)13-22(33(36)37)23(21)29-20-3-2-4-32(16-20)24(34)17-11-19(27)15-28-14-17/h11-15,20,29H,2-10,16H2,1H3/t20-/m1/s1. The SMILES string of the molecule is COCCN1CCN(C(=O)c2cc(Br)cc([N+](=O)[O-])c2N[C@@H]2CCCN(C(=O)c3cncc(I)c3)C2)CC1. The number of rotatable bonds is 8. The molecule has 0 unspecified atom stereocenters. The number of methoxy groups -OCH3 is 1. The van der Waals surface area contributed by atoms with Crippen LogP contribution >= 0.6 is 38.5 Å². The molecule has 2 saturated heterocycles. The molecular weight excluding hydrogens is 671 g/mol. The molecule has 2 aliphatic heterocycles. The minimum atomic E-state index is -0.476. The van der Waals surface area contributed by atoms with Crippen molar-refractivity contribution in [3.8, 4) is 0 Å². The van der Waals surface area contributed by atoms with Gasteiger partial charge in [0.1, 0.15) is 5.69 Å². The Bertz CT molecular complexity index is 1190. The summed E-state index contributed by atoms with van der Waals surface area (Å²) in [5.41, 5.74) is 0.779. The van der Waals surface area contributed by atoms with E-state index in [1.807, 2.05) is 0 Å². The van der Waals surface area contributed by atoms with E-state index in [1.165, 1.54) is 6.07 Å². The second-order valence-electron chi connectivity index (χ2n) is 9.36. The van der Waals surface area contributed by atoms with Crippen molar-refractivity contribution in [1.29, 1.82) is 0 Å². The van der Waals surface area contributed by atoms with Gasteiger partial charge < -0.3 is 19.9 Å². The molecule has 1 atom stereocenters. The molecule has 38 heavy (non-hydrogen) atoms. The van der Waals surface area contributed by atoms with Gasteiger partial charge in [-0.1, -0.05) is 15.9 Å². The molecule has 2 aromatic rings. The Kier molecular flexibility index (Phi) is 9.90. The zero-order chi connectivity index (χ0) is 27.2. The highest BCUT2D eigenvalue weighted by atomic mass is 127.